The molecule has 0 bridgehead atoms. The Kier molecular flexibility index (Phi) is 7.18. The van der Waals surface area contributed by atoms with Crippen molar-refractivity contribution in [3.8, 4) is 33.9 Å². The van der Waals surface area contributed by atoms with Crippen molar-refractivity contribution >= 4 is 22.4 Å². The van der Waals surface area contributed by atoms with E-state index in [1.165, 1.54) is 28.2 Å². The molecular weight excluding hydrogens is 498 g/mol. The number of hydrogen-bond acceptors (Lipinski definition) is 6. The molecule has 186 valence electrons. The molecule has 0 aliphatic carbocycles. The van der Waals surface area contributed by atoms with E-state index in [9.17, 15) is 13.6 Å². The molecule has 1 amide bonds. The number of aromatic nitrogens is 3. The van der Waals surface area contributed by atoms with Gasteiger partial charge in [-0.05, 0) is 53.6 Å². The number of rotatable bonds is 9. The summed E-state index contributed by atoms with van der Waals surface area (Å²) in [7, 11) is 0. The number of amides is 1. The SMILES string of the molecule is O=C(Nc1nc(-c2ccc(OC(F)F)cc2)cs1)c1ccn(COc2ccc(-c3ccccc3)cc2)n1. The number of hydrogen-bond donors (Lipinski definition) is 1. The predicted octanol–water partition coefficient (Wildman–Crippen LogP) is 6.56. The van der Waals surface area contributed by atoms with E-state index in [0.717, 1.165) is 11.1 Å². The summed E-state index contributed by atoms with van der Waals surface area (Å²) in [6.45, 7) is -2.74. The van der Waals surface area contributed by atoms with Gasteiger partial charge >= 0.3 is 6.61 Å². The molecule has 0 atom stereocenters. The van der Waals surface area contributed by atoms with E-state index in [0.29, 0.717) is 22.1 Å². The van der Waals surface area contributed by atoms with Gasteiger partial charge in [0.15, 0.2) is 17.6 Å². The van der Waals surface area contributed by atoms with Gasteiger partial charge in [0.25, 0.3) is 5.91 Å². The molecule has 0 spiro atoms. The number of anilines is 1. The Bertz CT molecular complexity index is 1470. The van der Waals surface area contributed by atoms with Gasteiger partial charge in [-0.15, -0.1) is 11.3 Å². The summed E-state index contributed by atoms with van der Waals surface area (Å²) < 4.78 is 36.3. The highest BCUT2D eigenvalue weighted by Crippen LogP contribution is 2.27. The number of carbonyl (C=O) groups excluding carboxylic acids is 1. The maximum absolute atomic E-state index is 12.6. The summed E-state index contributed by atoms with van der Waals surface area (Å²) in [5.41, 5.74) is 3.74. The van der Waals surface area contributed by atoms with Crippen molar-refractivity contribution in [1.82, 2.24) is 14.8 Å². The molecule has 0 saturated heterocycles. The average Bonchev–Trinajstić information content (AvgIpc) is 3.59. The lowest BCUT2D eigenvalue weighted by atomic mass is 10.1. The van der Waals surface area contributed by atoms with Crippen LogP contribution in [-0.2, 0) is 6.73 Å². The quantitative estimate of drug-likeness (QED) is 0.239. The van der Waals surface area contributed by atoms with Crippen LogP contribution >= 0.6 is 11.3 Å². The normalized spacial score (nSPS) is 10.9. The zero-order valence-corrected chi connectivity index (χ0v) is 20.1. The fraction of sp³-hybridized carbons (Fsp3) is 0.0741. The lowest BCUT2D eigenvalue weighted by molar-refractivity contribution is -0.0498. The third-order valence-corrected chi connectivity index (χ3v) is 6.06. The molecule has 1 N–H and O–H groups in total. The van der Waals surface area contributed by atoms with Crippen LogP contribution in [0.3, 0.4) is 0 Å². The third kappa shape index (κ3) is 6.17. The molecule has 2 heterocycles. The molecule has 5 aromatic rings. The van der Waals surface area contributed by atoms with E-state index in [1.54, 1.807) is 29.8 Å². The predicted molar refractivity (Wildman–Crippen MR) is 137 cm³/mol. The van der Waals surface area contributed by atoms with E-state index in [1.807, 2.05) is 54.6 Å². The fourth-order valence-corrected chi connectivity index (χ4v) is 4.22. The van der Waals surface area contributed by atoms with Crippen LogP contribution in [-0.4, -0.2) is 27.3 Å². The molecule has 7 nitrogen and oxygen atoms in total. The van der Waals surface area contributed by atoms with Gasteiger partial charge in [-0.2, -0.15) is 13.9 Å². The summed E-state index contributed by atoms with van der Waals surface area (Å²) in [6.07, 6.45) is 1.66. The van der Waals surface area contributed by atoms with Crippen LogP contribution in [0, 0.1) is 0 Å². The largest absolute Gasteiger partial charge is 0.471 e. The number of benzene rings is 3. The van der Waals surface area contributed by atoms with Gasteiger partial charge < -0.3 is 9.47 Å². The molecule has 0 aliphatic rings. The van der Waals surface area contributed by atoms with Gasteiger partial charge in [0, 0.05) is 17.1 Å². The topological polar surface area (TPSA) is 78.3 Å². The van der Waals surface area contributed by atoms with Crippen molar-refractivity contribution in [2.24, 2.45) is 0 Å². The second-order valence-corrected chi connectivity index (χ2v) is 8.66. The number of ether oxygens (including phenoxy) is 2. The molecule has 2 aromatic heterocycles. The van der Waals surface area contributed by atoms with Crippen LogP contribution in [0.15, 0.2) is 96.5 Å². The zero-order valence-electron chi connectivity index (χ0n) is 19.3. The van der Waals surface area contributed by atoms with Gasteiger partial charge in [0.2, 0.25) is 0 Å². The van der Waals surface area contributed by atoms with E-state index in [4.69, 9.17) is 4.74 Å². The lowest BCUT2D eigenvalue weighted by Gasteiger charge is -2.07. The second-order valence-electron chi connectivity index (χ2n) is 7.80. The Morgan fingerprint density at radius 3 is 2.30 bits per heavy atom. The van der Waals surface area contributed by atoms with Crippen molar-refractivity contribution in [3.05, 3.63) is 102 Å². The Hall–Kier alpha value is -4.57. The highest BCUT2D eigenvalue weighted by Gasteiger charge is 2.13. The molecule has 37 heavy (non-hydrogen) atoms. The number of nitrogens with zero attached hydrogens (tertiary/aromatic N) is 3. The minimum atomic E-state index is -2.88. The van der Waals surface area contributed by atoms with Crippen LogP contribution in [0.25, 0.3) is 22.4 Å². The van der Waals surface area contributed by atoms with Gasteiger partial charge in [-0.1, -0.05) is 42.5 Å². The van der Waals surface area contributed by atoms with E-state index in [2.05, 4.69) is 20.1 Å². The number of thiazole rings is 1. The first-order valence-corrected chi connectivity index (χ1v) is 12.1. The minimum absolute atomic E-state index is 0.0614. The average molecular weight is 519 g/mol. The fourth-order valence-electron chi connectivity index (χ4n) is 3.50. The van der Waals surface area contributed by atoms with Crippen LogP contribution in [0.1, 0.15) is 10.5 Å². The van der Waals surface area contributed by atoms with Gasteiger partial charge in [0.05, 0.1) is 5.69 Å². The first kappa shape index (κ1) is 24.1. The number of carbonyl (C=O) groups is 1. The summed E-state index contributed by atoms with van der Waals surface area (Å²) >= 11 is 1.24. The molecule has 0 saturated carbocycles. The third-order valence-electron chi connectivity index (χ3n) is 5.30. The maximum atomic E-state index is 12.6. The number of alkyl halides is 2. The lowest BCUT2D eigenvalue weighted by Crippen LogP contribution is -2.14. The highest BCUT2D eigenvalue weighted by molar-refractivity contribution is 7.14. The highest BCUT2D eigenvalue weighted by atomic mass is 32.1. The molecule has 0 unspecified atom stereocenters. The van der Waals surface area contributed by atoms with Crippen molar-refractivity contribution in [2.75, 3.05) is 5.32 Å². The van der Waals surface area contributed by atoms with E-state index in [-0.39, 0.29) is 18.2 Å². The van der Waals surface area contributed by atoms with Crippen LogP contribution in [0.5, 0.6) is 11.5 Å². The number of halogens is 2. The van der Waals surface area contributed by atoms with Crippen LogP contribution in [0.2, 0.25) is 0 Å². The first-order chi connectivity index (χ1) is 18.0. The number of nitrogens with one attached hydrogen (secondary N) is 1. The Morgan fingerprint density at radius 2 is 1.57 bits per heavy atom. The van der Waals surface area contributed by atoms with Gasteiger partial charge in [-0.3, -0.25) is 10.1 Å². The van der Waals surface area contributed by atoms with Crippen LogP contribution < -0.4 is 14.8 Å². The molecule has 3 aromatic carbocycles. The van der Waals surface area contributed by atoms with Crippen molar-refractivity contribution < 1.29 is 23.0 Å². The maximum Gasteiger partial charge on any atom is 0.387 e. The monoisotopic (exact) mass is 518 g/mol. The Morgan fingerprint density at radius 1 is 0.892 bits per heavy atom. The molecule has 10 heteroatoms. The Balaban J connectivity index is 1.15. The van der Waals surface area contributed by atoms with Gasteiger partial charge in [-0.25, -0.2) is 9.67 Å². The molecule has 0 fully saturated rings. The van der Waals surface area contributed by atoms with E-state index >= 15 is 0 Å². The van der Waals surface area contributed by atoms with E-state index < -0.39 is 12.5 Å². The zero-order chi connectivity index (χ0) is 25.6. The summed E-state index contributed by atoms with van der Waals surface area (Å²) in [4.78, 5) is 17.0. The van der Waals surface area contributed by atoms with Crippen molar-refractivity contribution in [1.29, 1.82) is 0 Å². The smallest absolute Gasteiger partial charge is 0.387 e. The summed E-state index contributed by atoms with van der Waals surface area (Å²) in [5.74, 6) is 0.337. The minimum Gasteiger partial charge on any atom is -0.471 e. The molecule has 5 rings (SSSR count). The summed E-state index contributed by atoms with van der Waals surface area (Å²) in [6, 6.07) is 25.5. The molecule has 0 radical (unpaired) electrons. The summed E-state index contributed by atoms with van der Waals surface area (Å²) in [5, 5.41) is 9.13. The van der Waals surface area contributed by atoms with Crippen LogP contribution in [0.4, 0.5) is 13.9 Å². The standard InChI is InChI=1S/C27H20F2N4O3S/c28-26(29)36-22-12-8-20(9-13-22)24-16-37-27(30-24)31-25(34)23-14-15-33(32-23)17-35-21-10-6-19(7-11-21)18-4-2-1-3-5-18/h1-16,26H,17H2,(H,30,31,34). The second kappa shape index (κ2) is 11.0. The molecular formula is C27H20F2N4O3S. The Labute approximate surface area is 214 Å². The van der Waals surface area contributed by atoms with Crippen molar-refractivity contribution in [2.45, 2.75) is 13.3 Å². The first-order valence-electron chi connectivity index (χ1n) is 11.2. The van der Waals surface area contributed by atoms with Crippen molar-refractivity contribution in [3.63, 3.8) is 0 Å². The molecule has 0 aliphatic heterocycles. The van der Waals surface area contributed by atoms with Gasteiger partial charge in [0.1, 0.15) is 11.5 Å².